The molecular weight excluding hydrogens is 544 g/mol. The third kappa shape index (κ3) is 9.54. The van der Waals surface area contributed by atoms with Crippen molar-refractivity contribution in [1.82, 2.24) is 0 Å². The van der Waals surface area contributed by atoms with Gasteiger partial charge in [0.2, 0.25) is 0 Å². The van der Waals surface area contributed by atoms with Crippen LogP contribution in [0.1, 0.15) is 99.3 Å². The lowest BCUT2D eigenvalue weighted by molar-refractivity contribution is -0.145. The molecule has 0 amide bonds. The van der Waals surface area contributed by atoms with Crippen molar-refractivity contribution in [3.63, 3.8) is 0 Å². The van der Waals surface area contributed by atoms with Crippen molar-refractivity contribution in [3.05, 3.63) is 47.8 Å². The zero-order chi connectivity index (χ0) is 31.6. The highest BCUT2D eigenvalue weighted by atomic mass is 16.5. The Kier molecular flexibility index (Phi) is 12.2. The van der Waals surface area contributed by atoms with Crippen molar-refractivity contribution in [3.8, 4) is 0 Å². The van der Waals surface area contributed by atoms with E-state index in [1.165, 1.54) is 0 Å². The summed E-state index contributed by atoms with van der Waals surface area (Å²) in [6.45, 7) is 14.6. The minimum absolute atomic E-state index is 0.0179. The molecule has 236 valence electrons. The largest absolute Gasteiger partial charge is 0.466 e. The molecule has 0 saturated heterocycles. The van der Waals surface area contributed by atoms with Crippen LogP contribution in [0.4, 0.5) is 11.4 Å². The van der Waals surface area contributed by atoms with E-state index in [1.54, 1.807) is 0 Å². The molecule has 0 spiro atoms. The van der Waals surface area contributed by atoms with Crippen LogP contribution in [0.25, 0.3) is 0 Å². The van der Waals surface area contributed by atoms with E-state index < -0.39 is 0 Å². The summed E-state index contributed by atoms with van der Waals surface area (Å²) in [5, 5.41) is 0. The van der Waals surface area contributed by atoms with E-state index in [0.717, 1.165) is 67.7 Å². The first-order valence-electron chi connectivity index (χ1n) is 15.8. The minimum Gasteiger partial charge on any atom is -0.466 e. The zero-order valence-corrected chi connectivity index (χ0v) is 27.0. The van der Waals surface area contributed by atoms with Crippen molar-refractivity contribution in [2.45, 2.75) is 99.3 Å². The van der Waals surface area contributed by atoms with Gasteiger partial charge in [-0.3, -0.25) is 19.2 Å². The summed E-state index contributed by atoms with van der Waals surface area (Å²) in [7, 11) is 0. The molecule has 0 saturated carbocycles. The minimum atomic E-state index is -0.332. The van der Waals surface area contributed by atoms with Crippen LogP contribution in [0, 0.1) is 10.8 Å². The smallest absolute Gasteiger partial charge is 0.306 e. The first-order chi connectivity index (χ1) is 20.4. The summed E-state index contributed by atoms with van der Waals surface area (Å²) in [5.41, 5.74) is 2.86. The van der Waals surface area contributed by atoms with E-state index >= 15 is 0 Å². The molecule has 2 aliphatic heterocycles. The number of carbonyl (C=O) groups excluding carboxylic acids is 4. The van der Waals surface area contributed by atoms with Crippen LogP contribution in [-0.4, -0.2) is 49.8 Å². The molecule has 8 nitrogen and oxygen atoms in total. The fourth-order valence-electron chi connectivity index (χ4n) is 5.39. The van der Waals surface area contributed by atoms with Gasteiger partial charge in [-0.05, 0) is 60.8 Å². The molecule has 1 aromatic rings. The van der Waals surface area contributed by atoms with Crippen molar-refractivity contribution < 1.29 is 28.7 Å². The Morgan fingerprint density at radius 2 is 1.07 bits per heavy atom. The molecule has 1 aromatic carbocycles. The Bertz CT molecular complexity index is 1210. The molecule has 0 radical (unpaired) electrons. The number of ether oxygens (including phenoxy) is 2. The van der Waals surface area contributed by atoms with Gasteiger partial charge in [0.25, 0.3) is 0 Å². The van der Waals surface area contributed by atoms with Gasteiger partial charge in [-0.25, -0.2) is 0 Å². The number of carbonyl (C=O) groups is 4. The number of Topliss-reactive ketones (excluding diaryl/α,β-unsaturated/α-hetero) is 2. The molecule has 0 aliphatic carbocycles. The summed E-state index contributed by atoms with van der Waals surface area (Å²) >= 11 is 0. The maximum atomic E-state index is 13.2. The summed E-state index contributed by atoms with van der Waals surface area (Å²) in [6.07, 6.45) is 8.52. The number of rotatable bonds is 15. The SMILES string of the molecule is CCCCOC(=O)CCC(=O)C1=CN(c2ccc(N3C=C(C(=O)CCC(=O)OCCC)C(C)(C)CC3)cc2)CCC1(C)C. The van der Waals surface area contributed by atoms with Crippen LogP contribution in [-0.2, 0) is 28.7 Å². The van der Waals surface area contributed by atoms with Gasteiger partial charge in [0.15, 0.2) is 11.6 Å². The predicted molar refractivity (Wildman–Crippen MR) is 170 cm³/mol. The van der Waals surface area contributed by atoms with E-state index in [9.17, 15) is 19.2 Å². The molecule has 8 heteroatoms. The standard InChI is InChI=1S/C35H50N2O6/c1-7-9-23-43-33(41)17-15-31(39)29-25-37(21-19-35(29,5)6)27-12-10-26(11-13-27)36-20-18-34(3,4)28(24-36)30(38)14-16-32(40)42-22-8-2/h10-13,24-25H,7-9,14-23H2,1-6H3. The number of benzene rings is 1. The van der Waals surface area contributed by atoms with Gasteiger partial charge < -0.3 is 19.3 Å². The third-order valence-electron chi connectivity index (χ3n) is 8.44. The fraction of sp³-hybridized carbons (Fsp3) is 0.600. The number of hydrogen-bond acceptors (Lipinski definition) is 8. The predicted octanol–water partition coefficient (Wildman–Crippen LogP) is 6.92. The molecular formula is C35H50N2O6. The first kappa shape index (κ1) is 34.1. The van der Waals surface area contributed by atoms with E-state index in [-0.39, 0.29) is 60.0 Å². The number of ketones is 2. The molecule has 0 N–H and O–H groups in total. The second-order valence-corrected chi connectivity index (χ2v) is 12.9. The highest BCUT2D eigenvalue weighted by Gasteiger charge is 2.35. The number of anilines is 2. The summed E-state index contributed by atoms with van der Waals surface area (Å²) in [5.74, 6) is -0.692. The van der Waals surface area contributed by atoms with E-state index in [4.69, 9.17) is 9.47 Å². The Labute approximate surface area is 257 Å². The maximum absolute atomic E-state index is 13.2. The van der Waals surface area contributed by atoms with Crippen LogP contribution in [0.3, 0.4) is 0 Å². The third-order valence-corrected chi connectivity index (χ3v) is 8.44. The van der Waals surface area contributed by atoms with E-state index in [0.29, 0.717) is 13.2 Å². The molecule has 0 bridgehead atoms. The Morgan fingerprint density at radius 3 is 1.47 bits per heavy atom. The Morgan fingerprint density at radius 1 is 0.651 bits per heavy atom. The number of unbranched alkanes of at least 4 members (excludes halogenated alkanes) is 1. The number of nitrogens with zero attached hydrogens (tertiary/aromatic N) is 2. The number of esters is 2. The fourth-order valence-corrected chi connectivity index (χ4v) is 5.39. The van der Waals surface area contributed by atoms with E-state index in [1.807, 2.05) is 50.5 Å². The molecule has 43 heavy (non-hydrogen) atoms. The van der Waals surface area contributed by atoms with Crippen LogP contribution < -0.4 is 9.80 Å². The average molecular weight is 595 g/mol. The molecule has 3 rings (SSSR count). The Hall–Kier alpha value is -3.42. The second-order valence-electron chi connectivity index (χ2n) is 12.9. The molecule has 0 fully saturated rings. The summed E-state index contributed by atoms with van der Waals surface area (Å²) in [6, 6.07) is 8.15. The quantitative estimate of drug-likeness (QED) is 0.160. The van der Waals surface area contributed by atoms with Crippen LogP contribution >= 0.6 is 0 Å². The molecule has 0 unspecified atom stereocenters. The van der Waals surface area contributed by atoms with Gasteiger partial charge in [0, 0.05) is 60.9 Å². The van der Waals surface area contributed by atoms with Crippen molar-refractivity contribution in [2.24, 2.45) is 10.8 Å². The van der Waals surface area contributed by atoms with Gasteiger partial charge in [-0.2, -0.15) is 0 Å². The molecule has 2 aliphatic rings. The highest BCUT2D eigenvalue weighted by molar-refractivity contribution is 5.99. The second kappa shape index (κ2) is 15.3. The lowest BCUT2D eigenvalue weighted by Crippen LogP contribution is -2.35. The molecule has 2 heterocycles. The lowest BCUT2D eigenvalue weighted by atomic mass is 9.76. The van der Waals surface area contributed by atoms with Crippen molar-refractivity contribution in [2.75, 3.05) is 36.1 Å². The topological polar surface area (TPSA) is 93.2 Å². The monoisotopic (exact) mass is 594 g/mol. The van der Waals surface area contributed by atoms with Gasteiger partial charge in [0.05, 0.1) is 26.1 Å². The van der Waals surface area contributed by atoms with Crippen LogP contribution in [0.15, 0.2) is 47.8 Å². The van der Waals surface area contributed by atoms with Crippen molar-refractivity contribution >= 4 is 34.9 Å². The Balaban J connectivity index is 1.70. The molecule has 0 atom stereocenters. The van der Waals surface area contributed by atoms with Crippen molar-refractivity contribution in [1.29, 1.82) is 0 Å². The van der Waals surface area contributed by atoms with Gasteiger partial charge in [-0.1, -0.05) is 48.0 Å². The highest BCUT2D eigenvalue weighted by Crippen LogP contribution is 2.39. The average Bonchev–Trinajstić information content (AvgIpc) is 2.97. The van der Waals surface area contributed by atoms with Crippen LogP contribution in [0.2, 0.25) is 0 Å². The summed E-state index contributed by atoms with van der Waals surface area (Å²) in [4.78, 5) is 54.5. The normalized spacial score (nSPS) is 17.5. The van der Waals surface area contributed by atoms with Gasteiger partial charge >= 0.3 is 11.9 Å². The van der Waals surface area contributed by atoms with E-state index in [2.05, 4.69) is 37.5 Å². The molecule has 0 aromatic heterocycles. The van der Waals surface area contributed by atoms with Gasteiger partial charge in [0.1, 0.15) is 0 Å². The summed E-state index contributed by atoms with van der Waals surface area (Å²) < 4.78 is 10.4. The zero-order valence-electron chi connectivity index (χ0n) is 27.0. The maximum Gasteiger partial charge on any atom is 0.306 e. The lowest BCUT2D eigenvalue weighted by Gasteiger charge is -2.38. The number of allylic oxidation sites excluding steroid dienone is 2. The number of hydrogen-bond donors (Lipinski definition) is 0. The van der Waals surface area contributed by atoms with Gasteiger partial charge in [-0.15, -0.1) is 0 Å². The first-order valence-corrected chi connectivity index (χ1v) is 15.8. The van der Waals surface area contributed by atoms with Crippen LogP contribution in [0.5, 0.6) is 0 Å².